The maximum absolute atomic E-state index is 5.62. The minimum atomic E-state index is -0.0602. The smallest absolute Gasteiger partial charge is 0.171 e. The third kappa shape index (κ3) is 4.31. The number of aryl methyl sites for hydroxylation is 1. The number of hydrogen-bond donors (Lipinski definition) is 2. The number of rotatable bonds is 5. The van der Waals surface area contributed by atoms with Crippen LogP contribution < -0.4 is 15.4 Å². The highest BCUT2D eigenvalue weighted by atomic mass is 32.1. The van der Waals surface area contributed by atoms with Crippen molar-refractivity contribution in [3.05, 3.63) is 59.7 Å². The van der Waals surface area contributed by atoms with Gasteiger partial charge >= 0.3 is 0 Å². The minimum Gasteiger partial charge on any atom is -0.494 e. The van der Waals surface area contributed by atoms with Crippen LogP contribution in [0.4, 0.5) is 5.69 Å². The Morgan fingerprint density at radius 1 is 1.12 bits per heavy atom. The molecule has 0 radical (unpaired) electrons. The molecular weight excluding hydrogens is 328 g/mol. The fourth-order valence-corrected chi connectivity index (χ4v) is 3.86. The molecule has 0 atom stereocenters. The average molecular weight is 355 g/mol. The molecule has 0 aromatic heterocycles. The molecule has 0 unspecified atom stereocenters. The van der Waals surface area contributed by atoms with Crippen molar-refractivity contribution in [1.29, 1.82) is 0 Å². The summed E-state index contributed by atoms with van der Waals surface area (Å²) < 4.78 is 5.56. The highest BCUT2D eigenvalue weighted by Gasteiger charge is 2.36. The van der Waals surface area contributed by atoms with Gasteiger partial charge in [0.1, 0.15) is 5.75 Å². The third-order valence-electron chi connectivity index (χ3n) is 4.82. The Morgan fingerprint density at radius 3 is 2.52 bits per heavy atom. The summed E-state index contributed by atoms with van der Waals surface area (Å²) in [6.07, 6.45) is 4.67. The molecule has 0 heterocycles. The summed E-state index contributed by atoms with van der Waals surface area (Å²) in [4.78, 5) is 0. The standard InChI is InChI=1S/C21H26N2OS/c1-3-24-19-8-6-7-18(15-19)22-20(25)23-21(13-4-5-14-21)17-11-9-16(2)10-12-17/h6-12,15H,3-5,13-14H2,1-2H3,(H2,22,23,25). The van der Waals surface area contributed by atoms with Crippen LogP contribution in [0.5, 0.6) is 5.75 Å². The normalized spacial score (nSPS) is 15.6. The Bertz CT molecular complexity index is 721. The van der Waals surface area contributed by atoms with Gasteiger partial charge in [-0.15, -0.1) is 0 Å². The number of benzene rings is 2. The number of hydrogen-bond acceptors (Lipinski definition) is 2. The van der Waals surface area contributed by atoms with E-state index in [4.69, 9.17) is 17.0 Å². The molecule has 1 aliphatic carbocycles. The van der Waals surface area contributed by atoms with Crippen LogP contribution in [-0.2, 0) is 5.54 Å². The van der Waals surface area contributed by atoms with Gasteiger partial charge in [0, 0.05) is 11.8 Å². The lowest BCUT2D eigenvalue weighted by atomic mass is 9.88. The first-order chi connectivity index (χ1) is 12.1. The summed E-state index contributed by atoms with van der Waals surface area (Å²) in [6.45, 7) is 4.76. The lowest BCUT2D eigenvalue weighted by molar-refractivity contribution is 0.340. The molecule has 3 nitrogen and oxygen atoms in total. The van der Waals surface area contributed by atoms with Gasteiger partial charge in [-0.3, -0.25) is 0 Å². The summed E-state index contributed by atoms with van der Waals surface area (Å²) in [7, 11) is 0. The number of nitrogens with one attached hydrogen (secondary N) is 2. The SMILES string of the molecule is CCOc1cccc(NC(=S)NC2(c3ccc(C)cc3)CCCC2)c1. The first-order valence-corrected chi connectivity index (χ1v) is 9.41. The van der Waals surface area contributed by atoms with Crippen LogP contribution in [0.1, 0.15) is 43.7 Å². The van der Waals surface area contributed by atoms with Crippen molar-refractivity contribution in [2.75, 3.05) is 11.9 Å². The van der Waals surface area contributed by atoms with Gasteiger partial charge < -0.3 is 15.4 Å². The van der Waals surface area contributed by atoms with E-state index in [1.807, 2.05) is 31.2 Å². The molecule has 0 aliphatic heterocycles. The van der Waals surface area contributed by atoms with Gasteiger partial charge in [0.2, 0.25) is 0 Å². The maximum atomic E-state index is 5.62. The topological polar surface area (TPSA) is 33.3 Å². The second kappa shape index (κ2) is 7.87. The first-order valence-electron chi connectivity index (χ1n) is 9.00. The van der Waals surface area contributed by atoms with Gasteiger partial charge in [0.25, 0.3) is 0 Å². The highest BCUT2D eigenvalue weighted by Crippen LogP contribution is 2.39. The van der Waals surface area contributed by atoms with Crippen LogP contribution in [0, 0.1) is 6.92 Å². The fourth-order valence-electron chi connectivity index (χ4n) is 3.55. The number of anilines is 1. The van der Waals surface area contributed by atoms with Crippen LogP contribution >= 0.6 is 12.2 Å². The Balaban J connectivity index is 1.73. The van der Waals surface area contributed by atoms with Crippen molar-refractivity contribution in [3.8, 4) is 5.75 Å². The summed E-state index contributed by atoms with van der Waals surface area (Å²) in [5, 5.41) is 7.58. The second-order valence-electron chi connectivity index (χ2n) is 6.70. The Hall–Kier alpha value is -2.07. The molecule has 4 heteroatoms. The predicted molar refractivity (Wildman–Crippen MR) is 108 cm³/mol. The summed E-state index contributed by atoms with van der Waals surface area (Å²) >= 11 is 5.62. The molecule has 0 bridgehead atoms. The second-order valence-corrected chi connectivity index (χ2v) is 7.10. The largest absolute Gasteiger partial charge is 0.494 e. The summed E-state index contributed by atoms with van der Waals surface area (Å²) in [5.74, 6) is 0.851. The van der Waals surface area contributed by atoms with Crippen molar-refractivity contribution < 1.29 is 4.74 Å². The van der Waals surface area contributed by atoms with Crippen molar-refractivity contribution >= 4 is 23.0 Å². The van der Waals surface area contributed by atoms with Crippen LogP contribution in [0.15, 0.2) is 48.5 Å². The molecule has 1 saturated carbocycles. The van der Waals surface area contributed by atoms with E-state index in [9.17, 15) is 0 Å². The van der Waals surface area contributed by atoms with Gasteiger partial charge in [-0.05, 0) is 56.6 Å². The Morgan fingerprint density at radius 2 is 1.84 bits per heavy atom. The van der Waals surface area contributed by atoms with Crippen LogP contribution in [-0.4, -0.2) is 11.7 Å². The molecule has 0 amide bonds. The molecule has 3 rings (SSSR count). The molecule has 132 valence electrons. The van der Waals surface area contributed by atoms with Crippen molar-refractivity contribution in [2.45, 2.75) is 45.1 Å². The van der Waals surface area contributed by atoms with E-state index < -0.39 is 0 Å². The van der Waals surface area contributed by atoms with E-state index in [1.54, 1.807) is 0 Å². The molecule has 2 N–H and O–H groups in total. The molecule has 0 spiro atoms. The van der Waals surface area contributed by atoms with E-state index in [2.05, 4.69) is 41.8 Å². The minimum absolute atomic E-state index is 0.0602. The maximum Gasteiger partial charge on any atom is 0.171 e. The molecule has 0 saturated heterocycles. The van der Waals surface area contributed by atoms with Gasteiger partial charge in [-0.25, -0.2) is 0 Å². The molecule has 2 aromatic rings. The van der Waals surface area contributed by atoms with E-state index in [1.165, 1.54) is 24.0 Å². The Labute approximate surface area is 155 Å². The average Bonchev–Trinajstić information content (AvgIpc) is 3.05. The molecule has 1 aliphatic rings. The van der Waals surface area contributed by atoms with E-state index in [-0.39, 0.29) is 5.54 Å². The lowest BCUT2D eigenvalue weighted by Gasteiger charge is -2.32. The molecule has 25 heavy (non-hydrogen) atoms. The summed E-state index contributed by atoms with van der Waals surface area (Å²) in [6, 6.07) is 16.7. The molecule has 1 fully saturated rings. The van der Waals surface area contributed by atoms with Crippen LogP contribution in [0.2, 0.25) is 0 Å². The zero-order valence-electron chi connectivity index (χ0n) is 15.0. The van der Waals surface area contributed by atoms with Gasteiger partial charge in [0.15, 0.2) is 5.11 Å². The van der Waals surface area contributed by atoms with Crippen molar-refractivity contribution in [2.24, 2.45) is 0 Å². The Kier molecular flexibility index (Phi) is 5.59. The lowest BCUT2D eigenvalue weighted by Crippen LogP contribution is -2.45. The van der Waals surface area contributed by atoms with E-state index in [0.717, 1.165) is 24.3 Å². The number of thiocarbonyl (C=S) groups is 1. The quantitative estimate of drug-likeness (QED) is 0.728. The van der Waals surface area contributed by atoms with Crippen molar-refractivity contribution in [1.82, 2.24) is 5.32 Å². The zero-order valence-corrected chi connectivity index (χ0v) is 15.8. The fraction of sp³-hybridized carbons (Fsp3) is 0.381. The van der Waals surface area contributed by atoms with E-state index in [0.29, 0.717) is 11.7 Å². The first kappa shape index (κ1) is 17.7. The third-order valence-corrected chi connectivity index (χ3v) is 5.02. The molecular formula is C21H26N2OS. The van der Waals surface area contributed by atoms with E-state index >= 15 is 0 Å². The van der Waals surface area contributed by atoms with Gasteiger partial charge in [-0.2, -0.15) is 0 Å². The zero-order chi connectivity index (χ0) is 17.7. The van der Waals surface area contributed by atoms with Crippen LogP contribution in [0.25, 0.3) is 0 Å². The van der Waals surface area contributed by atoms with Crippen LogP contribution in [0.3, 0.4) is 0 Å². The highest BCUT2D eigenvalue weighted by molar-refractivity contribution is 7.80. The van der Waals surface area contributed by atoms with Crippen molar-refractivity contribution in [3.63, 3.8) is 0 Å². The molecule has 2 aromatic carbocycles. The number of ether oxygens (including phenoxy) is 1. The predicted octanol–water partition coefficient (Wildman–Crippen LogP) is 5.15. The van der Waals surface area contributed by atoms with Gasteiger partial charge in [0.05, 0.1) is 12.1 Å². The summed E-state index contributed by atoms with van der Waals surface area (Å²) in [5.41, 5.74) is 3.49. The monoisotopic (exact) mass is 354 g/mol. The van der Waals surface area contributed by atoms with Gasteiger partial charge in [-0.1, -0.05) is 48.7 Å².